The Morgan fingerprint density at radius 2 is 1.80 bits per heavy atom. The predicted octanol–water partition coefficient (Wildman–Crippen LogP) is -0.799. The van der Waals surface area contributed by atoms with Crippen LogP contribution in [0.25, 0.3) is 0 Å². The molecule has 0 aliphatic carbocycles. The van der Waals surface area contributed by atoms with E-state index in [1.54, 1.807) is 0 Å². The van der Waals surface area contributed by atoms with Crippen molar-refractivity contribution < 1.29 is 4.70 Å². The summed E-state index contributed by atoms with van der Waals surface area (Å²) in [6.45, 7) is 0. The maximum absolute atomic E-state index is 6.22. The van der Waals surface area contributed by atoms with Crippen molar-refractivity contribution in [2.75, 3.05) is 0 Å². The van der Waals surface area contributed by atoms with Gasteiger partial charge in [0.2, 0.25) is 0 Å². The Kier molecular flexibility index (Phi) is 6.95. The normalized spacial score (nSPS) is 4.80. The van der Waals surface area contributed by atoms with E-state index in [2.05, 4.69) is 21.7 Å². The molecule has 0 aromatic carbocycles. The Labute approximate surface area is 37.4 Å². The second-order valence-electron chi connectivity index (χ2n) is 0.364. The molecule has 0 aliphatic rings. The van der Waals surface area contributed by atoms with Crippen molar-refractivity contribution in [3.8, 4) is 0 Å². The van der Waals surface area contributed by atoms with Crippen LogP contribution in [0.2, 0.25) is 0 Å². The summed E-state index contributed by atoms with van der Waals surface area (Å²) >= 11 is 2.26. The minimum atomic E-state index is 0. The molecule has 0 aromatic rings. The summed E-state index contributed by atoms with van der Waals surface area (Å²) in [5.41, 5.74) is 4.64. The van der Waals surface area contributed by atoms with Gasteiger partial charge in [0, 0.05) is 0 Å². The van der Waals surface area contributed by atoms with Gasteiger partial charge < -0.3 is 0 Å². The van der Waals surface area contributed by atoms with Gasteiger partial charge in [0.1, 0.15) is 0 Å². The minimum absolute atomic E-state index is 0. The fourth-order valence-electron chi connectivity index (χ4n) is 0. The molecule has 5 heavy (non-hydrogen) atoms. The number of rotatable bonds is 0. The molecule has 0 saturated heterocycles. The zero-order valence-electron chi connectivity index (χ0n) is 2.39. The fraction of sp³-hybridized carbons (Fsp3) is 0. The standard InChI is InChI=1S/CH3N2Se.FH/c2-1(3)4;/h(H3,2,3);1H. The van der Waals surface area contributed by atoms with Gasteiger partial charge in [0.25, 0.3) is 0 Å². The molecule has 0 rings (SSSR count). The molecular formula is CH4FN2Se. The zero-order valence-corrected chi connectivity index (χ0v) is 4.11. The van der Waals surface area contributed by atoms with E-state index in [-0.39, 0.29) is 9.44 Å². The summed E-state index contributed by atoms with van der Waals surface area (Å²) in [5.74, 6) is 0. The third kappa shape index (κ3) is 2230. The number of nitrogens with one attached hydrogen (secondary N) is 1. The first-order valence-corrected chi connectivity index (χ1v) is 1.60. The molecule has 2 nitrogen and oxygen atoms in total. The van der Waals surface area contributed by atoms with Crippen LogP contribution in [0.3, 0.4) is 0 Å². The van der Waals surface area contributed by atoms with Crippen molar-refractivity contribution in [3.63, 3.8) is 0 Å². The van der Waals surface area contributed by atoms with Crippen molar-refractivity contribution >= 4 is 20.7 Å². The average molecular weight is 142 g/mol. The van der Waals surface area contributed by atoms with Gasteiger partial charge >= 0.3 is 31.9 Å². The molecule has 0 aliphatic heterocycles. The molecule has 0 bridgehead atoms. The van der Waals surface area contributed by atoms with E-state index in [1.807, 2.05) is 0 Å². The Morgan fingerprint density at radius 1 is 1.80 bits per heavy atom. The molecule has 0 spiro atoms. The molecule has 31 valence electrons. The average Bonchev–Trinajstić information content (AvgIpc) is 0.811. The number of hydrogen-bond donors (Lipinski definition) is 2. The van der Waals surface area contributed by atoms with Crippen LogP contribution in [0.5, 0.6) is 0 Å². The first-order chi connectivity index (χ1) is 1.73. The molecule has 0 atom stereocenters. The summed E-state index contributed by atoms with van der Waals surface area (Å²) in [4.78, 5) is 0. The Balaban J connectivity index is 0. The van der Waals surface area contributed by atoms with Gasteiger partial charge in [-0.05, 0) is 0 Å². The van der Waals surface area contributed by atoms with E-state index in [1.165, 1.54) is 0 Å². The Morgan fingerprint density at radius 3 is 1.80 bits per heavy atom. The van der Waals surface area contributed by atoms with Gasteiger partial charge in [-0.2, -0.15) is 0 Å². The van der Waals surface area contributed by atoms with E-state index < -0.39 is 0 Å². The summed E-state index contributed by atoms with van der Waals surface area (Å²) in [6.07, 6.45) is 0. The monoisotopic (exact) mass is 143 g/mol. The number of halogens is 1. The first kappa shape index (κ1) is 8.87. The van der Waals surface area contributed by atoms with E-state index in [0.29, 0.717) is 0 Å². The van der Waals surface area contributed by atoms with Gasteiger partial charge in [-0.25, -0.2) is 0 Å². The van der Waals surface area contributed by atoms with E-state index >= 15 is 0 Å². The molecule has 4 heteroatoms. The van der Waals surface area contributed by atoms with Crippen LogP contribution in [-0.4, -0.2) is 20.7 Å². The van der Waals surface area contributed by atoms with Gasteiger partial charge in [-0.3, -0.25) is 4.70 Å². The Hall–Kier alpha value is -0.0805. The van der Waals surface area contributed by atoms with Crippen LogP contribution >= 0.6 is 0 Å². The third-order valence-corrected chi connectivity index (χ3v) is 0. The van der Waals surface area contributed by atoms with E-state index in [9.17, 15) is 0 Å². The van der Waals surface area contributed by atoms with Crippen molar-refractivity contribution in [1.29, 1.82) is 5.41 Å². The fourth-order valence-corrected chi connectivity index (χ4v) is 0. The molecule has 1 radical (unpaired) electrons. The van der Waals surface area contributed by atoms with Crippen molar-refractivity contribution in [1.82, 2.24) is 0 Å². The molecule has 0 heterocycles. The maximum atomic E-state index is 6.22. The number of hydrogen-bond acceptors (Lipinski definition) is 1. The van der Waals surface area contributed by atoms with Crippen LogP contribution in [-0.2, 0) is 0 Å². The molecule has 0 saturated carbocycles. The summed E-state index contributed by atoms with van der Waals surface area (Å²) in [6, 6.07) is 0. The van der Waals surface area contributed by atoms with Crippen LogP contribution in [0, 0.1) is 5.41 Å². The number of nitrogens with two attached hydrogens (primary N) is 1. The molecular weight excluding hydrogens is 138 g/mol. The first-order valence-electron chi connectivity index (χ1n) is 0.743. The van der Waals surface area contributed by atoms with Crippen molar-refractivity contribution in [2.45, 2.75) is 0 Å². The molecule has 0 fully saturated rings. The zero-order chi connectivity index (χ0) is 3.58. The second kappa shape index (κ2) is 3.92. The van der Waals surface area contributed by atoms with Gasteiger partial charge in [-0.15, -0.1) is 0 Å². The second-order valence-corrected chi connectivity index (χ2v) is 1.29. The molecule has 0 unspecified atom stereocenters. The van der Waals surface area contributed by atoms with Gasteiger partial charge in [0.15, 0.2) is 0 Å². The number of amidine groups is 1. The Bertz CT molecular complexity index is 32.6. The van der Waals surface area contributed by atoms with Crippen LogP contribution < -0.4 is 5.73 Å². The van der Waals surface area contributed by atoms with E-state index in [4.69, 9.17) is 5.41 Å². The summed E-state index contributed by atoms with van der Waals surface area (Å²) < 4.78 is 0.0417. The third-order valence-electron chi connectivity index (χ3n) is 0. The van der Waals surface area contributed by atoms with Crippen LogP contribution in [0.1, 0.15) is 0 Å². The van der Waals surface area contributed by atoms with Gasteiger partial charge in [0.05, 0.1) is 0 Å². The topological polar surface area (TPSA) is 49.9 Å². The predicted molar refractivity (Wildman–Crippen MR) is 20.2 cm³/mol. The van der Waals surface area contributed by atoms with Crippen LogP contribution in [0.4, 0.5) is 4.70 Å². The molecule has 0 aromatic heterocycles. The summed E-state index contributed by atoms with van der Waals surface area (Å²) in [7, 11) is 0. The van der Waals surface area contributed by atoms with Gasteiger partial charge in [-0.1, -0.05) is 0 Å². The van der Waals surface area contributed by atoms with Crippen molar-refractivity contribution in [3.05, 3.63) is 0 Å². The molecule has 3 N–H and O–H groups in total. The van der Waals surface area contributed by atoms with Crippen molar-refractivity contribution in [2.24, 2.45) is 5.73 Å². The van der Waals surface area contributed by atoms with Crippen LogP contribution in [0.15, 0.2) is 0 Å². The SMILES string of the molecule is F.N=C(N)[Se]. The summed E-state index contributed by atoms with van der Waals surface area (Å²) in [5, 5.41) is 6.22. The van der Waals surface area contributed by atoms with E-state index in [0.717, 1.165) is 0 Å². The quantitative estimate of drug-likeness (QED) is 0.259. The molecule has 0 amide bonds.